The zero-order valence-electron chi connectivity index (χ0n) is 14.2. The van der Waals surface area contributed by atoms with Crippen LogP contribution in [0.1, 0.15) is 16.7 Å². The molecule has 4 N–H and O–H groups in total. The minimum Gasteiger partial charge on any atom is -0.508 e. The average Bonchev–Trinajstić information content (AvgIpc) is 2.66. The van der Waals surface area contributed by atoms with Crippen molar-refractivity contribution in [1.29, 1.82) is 0 Å². The molecule has 132 valence electrons. The van der Waals surface area contributed by atoms with Gasteiger partial charge in [-0.25, -0.2) is 0 Å². The Labute approximate surface area is 151 Å². The molecule has 1 aromatic carbocycles. The maximum Gasteiger partial charge on any atom is 0.242 e. The van der Waals surface area contributed by atoms with E-state index < -0.39 is 11.4 Å². The average molecular weight is 348 g/mol. The van der Waals surface area contributed by atoms with Gasteiger partial charge in [0.05, 0.1) is 0 Å². The van der Waals surface area contributed by atoms with Crippen LogP contribution in [0.3, 0.4) is 0 Å². The van der Waals surface area contributed by atoms with E-state index in [0.717, 1.165) is 11.1 Å². The molecule has 2 aromatic heterocycles. The third-order valence-electron chi connectivity index (χ3n) is 4.27. The van der Waals surface area contributed by atoms with E-state index in [9.17, 15) is 9.90 Å². The predicted molar refractivity (Wildman–Crippen MR) is 98.0 cm³/mol. The number of pyridine rings is 2. The van der Waals surface area contributed by atoms with E-state index in [-0.39, 0.29) is 5.75 Å². The molecule has 1 unspecified atom stereocenters. The first-order chi connectivity index (χ1) is 12.6. The molecule has 3 rings (SSSR count). The minimum atomic E-state index is -1.20. The Balaban J connectivity index is 2.01. The van der Waals surface area contributed by atoms with Gasteiger partial charge < -0.3 is 10.8 Å². The topological polar surface area (TPSA) is 101 Å². The third-order valence-corrected chi connectivity index (χ3v) is 4.27. The van der Waals surface area contributed by atoms with Crippen molar-refractivity contribution in [2.75, 3.05) is 0 Å². The van der Waals surface area contributed by atoms with Crippen molar-refractivity contribution in [2.45, 2.75) is 18.5 Å². The largest absolute Gasteiger partial charge is 0.508 e. The summed E-state index contributed by atoms with van der Waals surface area (Å²) in [5.74, 6) is -0.460. The van der Waals surface area contributed by atoms with Crippen LogP contribution in [0.15, 0.2) is 73.3 Å². The van der Waals surface area contributed by atoms with E-state index in [0.29, 0.717) is 18.5 Å². The first kappa shape index (κ1) is 17.6. The first-order valence-corrected chi connectivity index (χ1v) is 8.22. The lowest BCUT2D eigenvalue weighted by atomic mass is 9.83. The highest BCUT2D eigenvalue weighted by Crippen LogP contribution is 2.29. The van der Waals surface area contributed by atoms with Gasteiger partial charge in [-0.15, -0.1) is 0 Å². The van der Waals surface area contributed by atoms with E-state index in [1.165, 1.54) is 0 Å². The highest BCUT2D eigenvalue weighted by Gasteiger charge is 2.38. The van der Waals surface area contributed by atoms with Crippen LogP contribution in [0.5, 0.6) is 5.75 Å². The smallest absolute Gasteiger partial charge is 0.242 e. The monoisotopic (exact) mass is 348 g/mol. The van der Waals surface area contributed by atoms with Crippen LogP contribution in [0, 0.1) is 0 Å². The molecule has 1 atom stereocenters. The first-order valence-electron chi connectivity index (χ1n) is 8.22. The number of amides is 1. The number of phenols is 1. The van der Waals surface area contributed by atoms with Gasteiger partial charge in [-0.3, -0.25) is 20.1 Å². The number of nitrogens with zero attached hydrogens (tertiary/aromatic N) is 2. The fourth-order valence-corrected chi connectivity index (χ4v) is 2.92. The third kappa shape index (κ3) is 3.87. The Kier molecular flexibility index (Phi) is 5.24. The number of aromatic nitrogens is 2. The summed E-state index contributed by atoms with van der Waals surface area (Å²) in [5.41, 5.74) is 7.02. The second-order valence-corrected chi connectivity index (χ2v) is 6.07. The standard InChI is InChI=1S/C20H20N4O2/c21-19(26)20(11-15-4-2-8-22-12-15,17-6-1-7-18(25)10-17)24-14-16-5-3-9-23-13-16/h1-10,12-13,24-25H,11,14H2,(H2,21,26). The van der Waals surface area contributed by atoms with Crippen LogP contribution in [-0.4, -0.2) is 21.0 Å². The molecular weight excluding hydrogens is 328 g/mol. The Bertz CT molecular complexity index is 871. The molecule has 0 aliphatic carbocycles. The summed E-state index contributed by atoms with van der Waals surface area (Å²) >= 11 is 0. The number of carbonyl (C=O) groups is 1. The lowest BCUT2D eigenvalue weighted by Gasteiger charge is -2.33. The van der Waals surface area contributed by atoms with Crippen LogP contribution in [-0.2, 0) is 23.3 Å². The molecule has 2 heterocycles. The molecule has 0 spiro atoms. The number of rotatable bonds is 7. The number of phenolic OH excluding ortho intramolecular Hbond substituents is 1. The molecule has 6 nitrogen and oxygen atoms in total. The van der Waals surface area contributed by atoms with Gasteiger partial charge in [0.15, 0.2) is 0 Å². The Hall–Kier alpha value is -3.25. The Morgan fingerprint density at radius 1 is 1.04 bits per heavy atom. The number of aromatic hydroxyl groups is 1. The second-order valence-electron chi connectivity index (χ2n) is 6.07. The summed E-state index contributed by atoms with van der Waals surface area (Å²) in [6, 6.07) is 14.0. The molecule has 26 heavy (non-hydrogen) atoms. The van der Waals surface area contributed by atoms with Crippen molar-refractivity contribution in [1.82, 2.24) is 15.3 Å². The number of hydrogen-bond acceptors (Lipinski definition) is 5. The van der Waals surface area contributed by atoms with Crippen molar-refractivity contribution >= 4 is 5.91 Å². The van der Waals surface area contributed by atoms with Crippen molar-refractivity contribution < 1.29 is 9.90 Å². The van der Waals surface area contributed by atoms with Crippen molar-refractivity contribution in [2.24, 2.45) is 5.73 Å². The van der Waals surface area contributed by atoms with Gasteiger partial charge in [-0.2, -0.15) is 0 Å². The lowest BCUT2D eigenvalue weighted by molar-refractivity contribution is -0.125. The van der Waals surface area contributed by atoms with E-state index in [4.69, 9.17) is 5.73 Å². The molecule has 0 aliphatic heterocycles. The summed E-state index contributed by atoms with van der Waals surface area (Å²) in [6.45, 7) is 0.396. The van der Waals surface area contributed by atoms with Crippen LogP contribution in [0.4, 0.5) is 0 Å². The molecule has 0 saturated carbocycles. The van der Waals surface area contributed by atoms with Crippen molar-refractivity contribution in [3.63, 3.8) is 0 Å². The highest BCUT2D eigenvalue weighted by molar-refractivity contribution is 5.86. The van der Waals surface area contributed by atoms with Gasteiger partial charge in [0.25, 0.3) is 0 Å². The lowest BCUT2D eigenvalue weighted by Crippen LogP contribution is -2.54. The van der Waals surface area contributed by atoms with Crippen LogP contribution < -0.4 is 11.1 Å². The van der Waals surface area contributed by atoms with Gasteiger partial charge in [0, 0.05) is 37.8 Å². The fourth-order valence-electron chi connectivity index (χ4n) is 2.92. The number of hydrogen-bond donors (Lipinski definition) is 3. The molecule has 0 fully saturated rings. The van der Waals surface area contributed by atoms with Crippen molar-refractivity contribution in [3.8, 4) is 5.75 Å². The van der Waals surface area contributed by atoms with E-state index >= 15 is 0 Å². The predicted octanol–water partition coefficient (Wildman–Crippen LogP) is 1.90. The number of carbonyl (C=O) groups excluding carboxylic acids is 1. The molecule has 3 aromatic rings. The van der Waals surface area contributed by atoms with Gasteiger partial charge in [0.2, 0.25) is 5.91 Å². The summed E-state index contributed by atoms with van der Waals surface area (Å²) in [6.07, 6.45) is 7.10. The SMILES string of the molecule is NC(=O)C(Cc1cccnc1)(NCc1cccnc1)c1cccc(O)c1. The number of primary amides is 1. The van der Waals surface area contributed by atoms with E-state index in [1.54, 1.807) is 49.1 Å². The normalized spacial score (nSPS) is 13.1. The molecular formula is C20H20N4O2. The van der Waals surface area contributed by atoms with Crippen molar-refractivity contribution in [3.05, 3.63) is 90.0 Å². The van der Waals surface area contributed by atoms with Crippen LogP contribution in [0.2, 0.25) is 0 Å². The minimum absolute atomic E-state index is 0.0717. The van der Waals surface area contributed by atoms with Crippen LogP contribution in [0.25, 0.3) is 0 Å². The molecule has 6 heteroatoms. The number of benzene rings is 1. The molecule has 0 bridgehead atoms. The van der Waals surface area contributed by atoms with Gasteiger partial charge in [-0.1, -0.05) is 24.3 Å². The van der Waals surface area contributed by atoms with E-state index in [2.05, 4.69) is 15.3 Å². The van der Waals surface area contributed by atoms with Gasteiger partial charge in [-0.05, 0) is 41.0 Å². The van der Waals surface area contributed by atoms with Crippen LogP contribution >= 0.6 is 0 Å². The second kappa shape index (κ2) is 7.76. The fraction of sp³-hybridized carbons (Fsp3) is 0.150. The quantitative estimate of drug-likeness (QED) is 0.605. The zero-order chi connectivity index (χ0) is 18.4. The Morgan fingerprint density at radius 2 is 1.73 bits per heavy atom. The Morgan fingerprint density at radius 3 is 2.31 bits per heavy atom. The maximum atomic E-state index is 12.6. The number of nitrogens with two attached hydrogens (primary N) is 1. The molecule has 0 saturated heterocycles. The van der Waals surface area contributed by atoms with E-state index in [1.807, 2.05) is 24.3 Å². The highest BCUT2D eigenvalue weighted by atomic mass is 16.3. The molecule has 1 amide bonds. The summed E-state index contributed by atoms with van der Waals surface area (Å²) in [5, 5.41) is 13.2. The number of nitrogens with one attached hydrogen (secondary N) is 1. The maximum absolute atomic E-state index is 12.6. The zero-order valence-corrected chi connectivity index (χ0v) is 14.2. The summed E-state index contributed by atoms with van der Waals surface area (Å²) in [4.78, 5) is 20.8. The molecule has 0 aliphatic rings. The van der Waals surface area contributed by atoms with Gasteiger partial charge in [0.1, 0.15) is 11.3 Å². The summed E-state index contributed by atoms with van der Waals surface area (Å²) in [7, 11) is 0. The summed E-state index contributed by atoms with van der Waals surface area (Å²) < 4.78 is 0. The van der Waals surface area contributed by atoms with Gasteiger partial charge >= 0.3 is 0 Å². The molecule has 0 radical (unpaired) electrons.